The topological polar surface area (TPSA) is 105 Å². The second kappa shape index (κ2) is 10.1. The molecule has 0 spiro atoms. The van der Waals surface area contributed by atoms with Gasteiger partial charge in [0.25, 0.3) is 0 Å². The summed E-state index contributed by atoms with van der Waals surface area (Å²) >= 11 is 0. The van der Waals surface area contributed by atoms with Crippen molar-refractivity contribution in [1.82, 2.24) is 10.6 Å². The van der Waals surface area contributed by atoms with Gasteiger partial charge in [-0.25, -0.2) is 4.79 Å². The van der Waals surface area contributed by atoms with Crippen molar-refractivity contribution in [1.29, 1.82) is 0 Å². The Labute approximate surface area is 193 Å². The molecule has 33 heavy (non-hydrogen) atoms. The summed E-state index contributed by atoms with van der Waals surface area (Å²) in [6, 6.07) is 16.1. The van der Waals surface area contributed by atoms with Gasteiger partial charge < -0.3 is 20.5 Å². The number of carbonyl (C=O) groups excluding carboxylic acids is 2. The molecule has 174 valence electrons. The van der Waals surface area contributed by atoms with Gasteiger partial charge in [-0.1, -0.05) is 55.5 Å². The number of hydrogen-bond acceptors (Lipinski definition) is 4. The number of carbonyl (C=O) groups is 3. The molecule has 4 rings (SSSR count). The molecule has 7 nitrogen and oxygen atoms in total. The summed E-state index contributed by atoms with van der Waals surface area (Å²) in [5.74, 6) is -0.838. The summed E-state index contributed by atoms with van der Waals surface area (Å²) in [6.45, 7) is 2.13. The molecule has 1 fully saturated rings. The highest BCUT2D eigenvalue weighted by Gasteiger charge is 2.33. The van der Waals surface area contributed by atoms with Crippen LogP contribution in [0.2, 0.25) is 0 Å². The zero-order chi connectivity index (χ0) is 23.4. The average molecular weight is 451 g/mol. The number of benzene rings is 2. The van der Waals surface area contributed by atoms with Crippen molar-refractivity contribution in [3.63, 3.8) is 0 Å². The van der Waals surface area contributed by atoms with Crippen LogP contribution in [-0.2, 0) is 14.3 Å². The Morgan fingerprint density at radius 2 is 1.64 bits per heavy atom. The summed E-state index contributed by atoms with van der Waals surface area (Å²) in [5, 5.41) is 14.6. The fourth-order valence-corrected chi connectivity index (χ4v) is 4.88. The lowest BCUT2D eigenvalue weighted by Crippen LogP contribution is -2.46. The molecule has 3 N–H and O–H groups in total. The molecule has 0 bridgehead atoms. The van der Waals surface area contributed by atoms with E-state index in [0.717, 1.165) is 0 Å². The third-order valence-corrected chi connectivity index (χ3v) is 6.65. The van der Waals surface area contributed by atoms with Crippen molar-refractivity contribution in [2.75, 3.05) is 6.61 Å². The predicted octanol–water partition coefficient (Wildman–Crippen LogP) is 4.06. The van der Waals surface area contributed by atoms with E-state index >= 15 is 0 Å². The first-order valence-electron chi connectivity index (χ1n) is 11.6. The van der Waals surface area contributed by atoms with Crippen molar-refractivity contribution in [2.45, 2.75) is 57.0 Å². The molecule has 2 aliphatic carbocycles. The Hall–Kier alpha value is -3.35. The number of ether oxygens (including phenoxy) is 1. The van der Waals surface area contributed by atoms with Crippen LogP contribution in [0.5, 0.6) is 0 Å². The molecule has 1 atom stereocenters. The van der Waals surface area contributed by atoms with Crippen LogP contribution in [0.3, 0.4) is 0 Å². The third-order valence-electron chi connectivity index (χ3n) is 6.65. The lowest BCUT2D eigenvalue weighted by molar-refractivity contribution is -0.137. The van der Waals surface area contributed by atoms with Crippen molar-refractivity contribution < 1.29 is 24.2 Å². The zero-order valence-corrected chi connectivity index (χ0v) is 18.8. The number of alkyl carbamates (subject to hydrolysis) is 1. The van der Waals surface area contributed by atoms with Crippen LogP contribution in [0.4, 0.5) is 4.79 Å². The molecular formula is C26H30N2O5. The van der Waals surface area contributed by atoms with E-state index in [4.69, 9.17) is 9.84 Å². The molecule has 1 saturated carbocycles. The highest BCUT2D eigenvalue weighted by atomic mass is 16.5. The SMILES string of the molecule is CC[C@H](CC(=O)O)NC(=O)CC1CC(NC(=O)OCC2c3ccccc3-c3ccccc32)C1. The molecule has 0 aromatic heterocycles. The second-order valence-corrected chi connectivity index (χ2v) is 8.98. The number of amides is 2. The van der Waals surface area contributed by atoms with Crippen molar-refractivity contribution in [3.05, 3.63) is 59.7 Å². The number of carboxylic acids is 1. The van der Waals surface area contributed by atoms with E-state index in [0.29, 0.717) is 25.7 Å². The van der Waals surface area contributed by atoms with Gasteiger partial charge in [0.1, 0.15) is 6.61 Å². The summed E-state index contributed by atoms with van der Waals surface area (Å²) < 4.78 is 5.58. The fraction of sp³-hybridized carbons (Fsp3) is 0.423. The standard InChI is InChI=1S/C26H30N2O5/c1-2-17(14-25(30)31)27-24(29)13-16-11-18(12-16)28-26(32)33-15-23-21-9-5-3-7-19(21)20-8-4-6-10-22(20)23/h3-10,16-18,23H,2,11-15H2,1H3,(H,27,29)(H,28,32)(H,30,31)/t16?,17-,18?/m1/s1. The first-order valence-corrected chi connectivity index (χ1v) is 11.6. The molecule has 2 amide bonds. The van der Waals surface area contributed by atoms with Crippen LogP contribution in [0.15, 0.2) is 48.5 Å². The van der Waals surface area contributed by atoms with Crippen LogP contribution in [0.25, 0.3) is 11.1 Å². The fourth-order valence-electron chi connectivity index (χ4n) is 4.88. The smallest absolute Gasteiger partial charge is 0.407 e. The van der Waals surface area contributed by atoms with Crippen molar-refractivity contribution >= 4 is 18.0 Å². The minimum atomic E-state index is -0.918. The first kappa shape index (κ1) is 22.8. The quantitative estimate of drug-likeness (QED) is 0.534. The normalized spacial score (nSPS) is 19.5. The van der Waals surface area contributed by atoms with Crippen LogP contribution < -0.4 is 10.6 Å². The van der Waals surface area contributed by atoms with Crippen LogP contribution in [0.1, 0.15) is 56.1 Å². The van der Waals surface area contributed by atoms with E-state index in [2.05, 4.69) is 34.9 Å². The molecule has 2 aromatic carbocycles. The van der Waals surface area contributed by atoms with Crippen LogP contribution >= 0.6 is 0 Å². The molecule has 0 saturated heterocycles. The lowest BCUT2D eigenvalue weighted by atomic mass is 9.78. The zero-order valence-electron chi connectivity index (χ0n) is 18.8. The van der Waals surface area contributed by atoms with Crippen LogP contribution in [0, 0.1) is 5.92 Å². The monoisotopic (exact) mass is 450 g/mol. The van der Waals surface area contributed by atoms with E-state index in [-0.39, 0.29) is 42.9 Å². The third kappa shape index (κ3) is 5.35. The maximum atomic E-state index is 12.4. The molecule has 0 heterocycles. The minimum absolute atomic E-state index is 0.000516. The summed E-state index contributed by atoms with van der Waals surface area (Å²) in [5.41, 5.74) is 4.73. The van der Waals surface area contributed by atoms with E-state index < -0.39 is 12.1 Å². The molecule has 0 unspecified atom stereocenters. The number of aliphatic carboxylic acids is 1. The van der Waals surface area contributed by atoms with Gasteiger partial charge in [-0.05, 0) is 47.4 Å². The number of nitrogens with one attached hydrogen (secondary N) is 2. The summed E-state index contributed by atoms with van der Waals surface area (Å²) in [6.07, 6.45) is 1.85. The van der Waals surface area contributed by atoms with Crippen molar-refractivity contribution in [3.8, 4) is 11.1 Å². The number of hydrogen-bond donors (Lipinski definition) is 3. The van der Waals surface area contributed by atoms with E-state index in [1.165, 1.54) is 22.3 Å². The maximum absolute atomic E-state index is 12.4. The molecule has 2 aromatic rings. The maximum Gasteiger partial charge on any atom is 0.407 e. The molecule has 2 aliphatic rings. The van der Waals surface area contributed by atoms with Gasteiger partial charge in [0.05, 0.1) is 6.42 Å². The van der Waals surface area contributed by atoms with Gasteiger partial charge in [-0.15, -0.1) is 0 Å². The first-order chi connectivity index (χ1) is 15.9. The largest absolute Gasteiger partial charge is 0.481 e. The van der Waals surface area contributed by atoms with E-state index in [1.807, 2.05) is 31.2 Å². The van der Waals surface area contributed by atoms with Gasteiger partial charge in [-0.3, -0.25) is 9.59 Å². The summed E-state index contributed by atoms with van der Waals surface area (Å²) in [4.78, 5) is 35.4. The molecular weight excluding hydrogens is 420 g/mol. The number of carboxylic acid groups (broad SMARTS) is 1. The molecule has 0 aliphatic heterocycles. The van der Waals surface area contributed by atoms with E-state index in [1.54, 1.807) is 0 Å². The second-order valence-electron chi connectivity index (χ2n) is 8.98. The van der Waals surface area contributed by atoms with Gasteiger partial charge in [0.2, 0.25) is 5.91 Å². The number of fused-ring (bicyclic) bond motifs is 3. The van der Waals surface area contributed by atoms with E-state index in [9.17, 15) is 14.4 Å². The van der Waals surface area contributed by atoms with Crippen molar-refractivity contribution in [2.24, 2.45) is 5.92 Å². The van der Waals surface area contributed by atoms with Gasteiger partial charge in [0, 0.05) is 24.4 Å². The minimum Gasteiger partial charge on any atom is -0.481 e. The van der Waals surface area contributed by atoms with Crippen LogP contribution in [-0.4, -0.2) is 41.8 Å². The lowest BCUT2D eigenvalue weighted by Gasteiger charge is -2.35. The Kier molecular flexibility index (Phi) is 6.96. The predicted molar refractivity (Wildman–Crippen MR) is 124 cm³/mol. The Bertz CT molecular complexity index is 985. The van der Waals surface area contributed by atoms with Gasteiger partial charge in [-0.2, -0.15) is 0 Å². The number of rotatable bonds is 9. The average Bonchev–Trinajstić information content (AvgIpc) is 3.09. The van der Waals surface area contributed by atoms with Gasteiger partial charge >= 0.3 is 12.1 Å². The highest BCUT2D eigenvalue weighted by Crippen LogP contribution is 2.44. The molecule has 0 radical (unpaired) electrons. The highest BCUT2D eigenvalue weighted by molar-refractivity contribution is 5.79. The van der Waals surface area contributed by atoms with Gasteiger partial charge in [0.15, 0.2) is 0 Å². The Balaban J connectivity index is 1.21. The Morgan fingerprint density at radius 3 is 2.21 bits per heavy atom. The summed E-state index contributed by atoms with van der Waals surface area (Å²) in [7, 11) is 0. The molecule has 7 heteroatoms. The Morgan fingerprint density at radius 1 is 1.03 bits per heavy atom.